The number of aromatic amines is 1. The maximum atomic E-state index is 11.5. The van der Waals surface area contributed by atoms with E-state index < -0.39 is 6.09 Å². The molecule has 1 amide bonds. The van der Waals surface area contributed by atoms with Crippen LogP contribution in [-0.4, -0.2) is 16.1 Å². The lowest BCUT2D eigenvalue weighted by molar-refractivity contribution is 0.139. The largest absolute Gasteiger partial charge is 0.445 e. The SMILES string of the molecule is Cc1[nH]cnc1CNC(=O)OCc1ccccc1. The minimum Gasteiger partial charge on any atom is -0.445 e. The molecule has 0 saturated carbocycles. The molecule has 1 aromatic carbocycles. The Bertz CT molecular complexity index is 508. The number of nitrogens with zero attached hydrogens (tertiary/aromatic N) is 1. The molecule has 0 aliphatic carbocycles. The standard InChI is InChI=1S/C13H15N3O2/c1-10-12(16-9-15-10)7-14-13(17)18-8-11-5-3-2-4-6-11/h2-6,9H,7-8H2,1H3,(H,14,17)(H,15,16). The van der Waals surface area contributed by atoms with Crippen LogP contribution in [0.5, 0.6) is 0 Å². The molecule has 0 unspecified atom stereocenters. The first-order valence-electron chi connectivity index (χ1n) is 5.69. The van der Waals surface area contributed by atoms with Gasteiger partial charge in [0.15, 0.2) is 0 Å². The molecule has 0 bridgehead atoms. The van der Waals surface area contributed by atoms with Gasteiger partial charge in [0.1, 0.15) is 6.61 Å². The first kappa shape index (κ1) is 12.2. The second-order valence-electron chi connectivity index (χ2n) is 3.89. The molecular formula is C13H15N3O2. The number of rotatable bonds is 4. The van der Waals surface area contributed by atoms with Crippen LogP contribution in [0, 0.1) is 6.92 Å². The molecule has 1 heterocycles. The van der Waals surface area contributed by atoms with E-state index in [2.05, 4.69) is 15.3 Å². The van der Waals surface area contributed by atoms with Crippen LogP contribution in [0.15, 0.2) is 36.7 Å². The normalized spacial score (nSPS) is 10.1. The zero-order valence-electron chi connectivity index (χ0n) is 10.1. The van der Waals surface area contributed by atoms with Gasteiger partial charge in [0.2, 0.25) is 0 Å². The molecule has 18 heavy (non-hydrogen) atoms. The Labute approximate surface area is 105 Å². The van der Waals surface area contributed by atoms with Gasteiger partial charge in [0.05, 0.1) is 18.6 Å². The average molecular weight is 245 g/mol. The molecule has 5 nitrogen and oxygen atoms in total. The number of carbonyl (C=O) groups is 1. The Balaban J connectivity index is 1.75. The van der Waals surface area contributed by atoms with Crippen molar-refractivity contribution in [3.8, 4) is 0 Å². The number of hydrogen-bond acceptors (Lipinski definition) is 3. The van der Waals surface area contributed by atoms with Gasteiger partial charge in [-0.3, -0.25) is 0 Å². The molecule has 0 fully saturated rings. The fourth-order valence-electron chi connectivity index (χ4n) is 1.50. The van der Waals surface area contributed by atoms with Crippen molar-refractivity contribution >= 4 is 6.09 Å². The minimum atomic E-state index is -0.443. The third-order valence-electron chi connectivity index (χ3n) is 2.55. The summed E-state index contributed by atoms with van der Waals surface area (Å²) in [5.41, 5.74) is 2.72. The van der Waals surface area contributed by atoms with Crippen LogP contribution >= 0.6 is 0 Å². The number of carbonyl (C=O) groups excluding carboxylic acids is 1. The smallest absolute Gasteiger partial charge is 0.407 e. The minimum absolute atomic E-state index is 0.270. The molecule has 94 valence electrons. The van der Waals surface area contributed by atoms with Gasteiger partial charge in [-0.15, -0.1) is 0 Å². The van der Waals surface area contributed by atoms with E-state index in [4.69, 9.17) is 4.74 Å². The highest BCUT2D eigenvalue weighted by molar-refractivity contribution is 5.67. The summed E-state index contributed by atoms with van der Waals surface area (Å²) in [5.74, 6) is 0. The van der Waals surface area contributed by atoms with Crippen LogP contribution in [0.2, 0.25) is 0 Å². The highest BCUT2D eigenvalue weighted by Gasteiger charge is 2.05. The molecule has 5 heteroatoms. The molecular weight excluding hydrogens is 230 g/mol. The second kappa shape index (κ2) is 5.86. The van der Waals surface area contributed by atoms with E-state index in [1.54, 1.807) is 6.33 Å². The van der Waals surface area contributed by atoms with Crippen LogP contribution in [0.1, 0.15) is 17.0 Å². The number of ether oxygens (including phenoxy) is 1. The average Bonchev–Trinajstić information content (AvgIpc) is 2.81. The lowest BCUT2D eigenvalue weighted by Gasteiger charge is -2.06. The third kappa shape index (κ3) is 3.35. The third-order valence-corrected chi connectivity index (χ3v) is 2.55. The maximum absolute atomic E-state index is 11.5. The van der Waals surface area contributed by atoms with Crippen molar-refractivity contribution in [3.63, 3.8) is 0 Å². The predicted octanol–water partition coefficient (Wildman–Crippen LogP) is 2.14. The number of alkyl carbamates (subject to hydrolysis) is 1. The van der Waals surface area contributed by atoms with Crippen LogP contribution in [0.25, 0.3) is 0 Å². The summed E-state index contributed by atoms with van der Waals surface area (Å²) in [7, 11) is 0. The Kier molecular flexibility index (Phi) is 3.96. The van der Waals surface area contributed by atoms with Crippen LogP contribution < -0.4 is 5.32 Å². The number of amides is 1. The van der Waals surface area contributed by atoms with Gasteiger partial charge in [-0.1, -0.05) is 30.3 Å². The monoisotopic (exact) mass is 245 g/mol. The number of hydrogen-bond donors (Lipinski definition) is 2. The predicted molar refractivity (Wildman–Crippen MR) is 66.8 cm³/mol. The first-order valence-corrected chi connectivity index (χ1v) is 5.69. The van der Waals surface area contributed by atoms with E-state index in [9.17, 15) is 4.79 Å². The quantitative estimate of drug-likeness (QED) is 0.867. The Morgan fingerprint density at radius 1 is 1.39 bits per heavy atom. The van der Waals surface area contributed by atoms with Gasteiger partial charge in [-0.05, 0) is 12.5 Å². The van der Waals surface area contributed by atoms with Gasteiger partial charge in [-0.2, -0.15) is 0 Å². The second-order valence-corrected chi connectivity index (χ2v) is 3.89. The number of H-pyrrole nitrogens is 1. The van der Waals surface area contributed by atoms with E-state index in [0.29, 0.717) is 6.54 Å². The van der Waals surface area contributed by atoms with Gasteiger partial charge in [-0.25, -0.2) is 9.78 Å². The summed E-state index contributed by atoms with van der Waals surface area (Å²) >= 11 is 0. The van der Waals surface area contributed by atoms with Gasteiger partial charge >= 0.3 is 6.09 Å². The van der Waals surface area contributed by atoms with E-state index in [1.165, 1.54) is 0 Å². The van der Waals surface area contributed by atoms with Crippen LogP contribution in [-0.2, 0) is 17.9 Å². The lowest BCUT2D eigenvalue weighted by Crippen LogP contribution is -2.24. The van der Waals surface area contributed by atoms with Gasteiger partial charge in [0, 0.05) is 5.69 Å². The fourth-order valence-corrected chi connectivity index (χ4v) is 1.50. The summed E-state index contributed by atoms with van der Waals surface area (Å²) in [4.78, 5) is 18.5. The summed E-state index contributed by atoms with van der Waals surface area (Å²) in [6.45, 7) is 2.54. The number of nitrogens with one attached hydrogen (secondary N) is 2. The van der Waals surface area contributed by atoms with E-state index in [1.807, 2.05) is 37.3 Å². The molecule has 0 atom stereocenters. The number of benzene rings is 1. The number of aromatic nitrogens is 2. The Morgan fingerprint density at radius 2 is 2.17 bits per heavy atom. The molecule has 0 saturated heterocycles. The van der Waals surface area contributed by atoms with Crippen molar-refractivity contribution in [1.29, 1.82) is 0 Å². The molecule has 2 rings (SSSR count). The van der Waals surface area contributed by atoms with Crippen molar-refractivity contribution in [1.82, 2.24) is 15.3 Å². The molecule has 2 aromatic rings. The topological polar surface area (TPSA) is 67.0 Å². The zero-order valence-corrected chi connectivity index (χ0v) is 10.1. The maximum Gasteiger partial charge on any atom is 0.407 e. The molecule has 1 aromatic heterocycles. The fraction of sp³-hybridized carbons (Fsp3) is 0.231. The van der Waals surface area contributed by atoms with Crippen LogP contribution in [0.4, 0.5) is 4.79 Å². The van der Waals surface area contributed by atoms with E-state index >= 15 is 0 Å². The van der Waals surface area contributed by atoms with Crippen LogP contribution in [0.3, 0.4) is 0 Å². The summed E-state index contributed by atoms with van der Waals surface area (Å²) in [6.07, 6.45) is 1.16. The zero-order chi connectivity index (χ0) is 12.8. The summed E-state index contributed by atoms with van der Waals surface area (Å²) in [5, 5.41) is 2.65. The Morgan fingerprint density at radius 3 is 2.83 bits per heavy atom. The highest BCUT2D eigenvalue weighted by atomic mass is 16.5. The molecule has 0 aliphatic heterocycles. The highest BCUT2D eigenvalue weighted by Crippen LogP contribution is 2.02. The summed E-state index contributed by atoms with van der Waals surface area (Å²) in [6, 6.07) is 9.55. The number of aryl methyl sites for hydroxylation is 1. The van der Waals surface area contributed by atoms with Crippen molar-refractivity contribution < 1.29 is 9.53 Å². The van der Waals surface area contributed by atoms with Gasteiger partial charge in [0.25, 0.3) is 0 Å². The molecule has 0 aliphatic rings. The number of imidazole rings is 1. The lowest BCUT2D eigenvalue weighted by atomic mass is 10.2. The molecule has 0 radical (unpaired) electrons. The molecule has 2 N–H and O–H groups in total. The van der Waals surface area contributed by atoms with Crippen molar-refractivity contribution in [2.75, 3.05) is 0 Å². The summed E-state index contributed by atoms with van der Waals surface area (Å²) < 4.78 is 5.08. The van der Waals surface area contributed by atoms with Crippen molar-refractivity contribution in [3.05, 3.63) is 53.6 Å². The van der Waals surface area contributed by atoms with E-state index in [-0.39, 0.29) is 6.61 Å². The first-order chi connectivity index (χ1) is 8.75. The molecule has 0 spiro atoms. The van der Waals surface area contributed by atoms with E-state index in [0.717, 1.165) is 17.0 Å². The Hall–Kier alpha value is -2.30. The van der Waals surface area contributed by atoms with Crippen molar-refractivity contribution in [2.24, 2.45) is 0 Å². The van der Waals surface area contributed by atoms with Gasteiger partial charge < -0.3 is 15.0 Å². The van der Waals surface area contributed by atoms with Crippen molar-refractivity contribution in [2.45, 2.75) is 20.1 Å².